The van der Waals surface area contributed by atoms with Crippen molar-refractivity contribution in [2.75, 3.05) is 6.54 Å². The van der Waals surface area contributed by atoms with Crippen LogP contribution in [0, 0.1) is 17.8 Å². The lowest BCUT2D eigenvalue weighted by Crippen LogP contribution is -2.48. The van der Waals surface area contributed by atoms with Crippen molar-refractivity contribution < 1.29 is 14.7 Å². The van der Waals surface area contributed by atoms with Crippen LogP contribution in [0.2, 0.25) is 0 Å². The van der Waals surface area contributed by atoms with E-state index in [0.29, 0.717) is 19.3 Å². The van der Waals surface area contributed by atoms with Gasteiger partial charge in [-0.15, -0.1) is 12.3 Å². The van der Waals surface area contributed by atoms with Crippen LogP contribution < -0.4 is 10.6 Å². The van der Waals surface area contributed by atoms with Crippen molar-refractivity contribution >= 4 is 12.0 Å². The summed E-state index contributed by atoms with van der Waals surface area (Å²) in [6.45, 7) is 1.99. The highest BCUT2D eigenvalue weighted by Gasteiger charge is 2.39. The first-order valence-electron chi connectivity index (χ1n) is 6.71. The Balaban J connectivity index is 2.46. The number of carboxylic acids is 1. The SMILES string of the molecule is C#CCC(C)NC(=O)NCC1(C(=O)O)CCCCC1. The Morgan fingerprint density at radius 3 is 2.53 bits per heavy atom. The van der Waals surface area contributed by atoms with Gasteiger partial charge in [0.1, 0.15) is 0 Å². The van der Waals surface area contributed by atoms with Gasteiger partial charge >= 0.3 is 12.0 Å². The maximum atomic E-state index is 11.7. The third kappa shape index (κ3) is 4.47. The van der Waals surface area contributed by atoms with Crippen LogP contribution in [-0.4, -0.2) is 29.7 Å². The van der Waals surface area contributed by atoms with Crippen molar-refractivity contribution in [2.45, 2.75) is 51.5 Å². The van der Waals surface area contributed by atoms with Gasteiger partial charge in [-0.1, -0.05) is 19.3 Å². The van der Waals surface area contributed by atoms with Crippen LogP contribution in [0.5, 0.6) is 0 Å². The lowest BCUT2D eigenvalue weighted by atomic mass is 9.74. The molecule has 0 aliphatic heterocycles. The van der Waals surface area contributed by atoms with Crippen LogP contribution >= 0.6 is 0 Å². The number of urea groups is 1. The topological polar surface area (TPSA) is 78.4 Å². The second-order valence-electron chi connectivity index (χ2n) is 5.28. The largest absolute Gasteiger partial charge is 0.481 e. The molecule has 1 atom stereocenters. The van der Waals surface area contributed by atoms with Gasteiger partial charge in [-0.25, -0.2) is 4.79 Å². The van der Waals surface area contributed by atoms with E-state index in [4.69, 9.17) is 6.42 Å². The summed E-state index contributed by atoms with van der Waals surface area (Å²) in [5.74, 6) is 1.65. The van der Waals surface area contributed by atoms with Gasteiger partial charge in [0, 0.05) is 19.0 Å². The van der Waals surface area contributed by atoms with Crippen LogP contribution in [0.15, 0.2) is 0 Å². The summed E-state index contributed by atoms with van der Waals surface area (Å²) in [5, 5.41) is 14.7. The summed E-state index contributed by atoms with van der Waals surface area (Å²) < 4.78 is 0. The minimum Gasteiger partial charge on any atom is -0.481 e. The molecule has 0 aromatic rings. The van der Waals surface area contributed by atoms with E-state index in [-0.39, 0.29) is 18.6 Å². The van der Waals surface area contributed by atoms with Crippen LogP contribution in [0.3, 0.4) is 0 Å². The zero-order valence-corrected chi connectivity index (χ0v) is 11.4. The molecular weight excluding hydrogens is 244 g/mol. The molecule has 1 fully saturated rings. The molecular formula is C14H22N2O3. The van der Waals surface area contributed by atoms with E-state index in [0.717, 1.165) is 19.3 Å². The van der Waals surface area contributed by atoms with Crippen molar-refractivity contribution in [2.24, 2.45) is 5.41 Å². The summed E-state index contributed by atoms with van der Waals surface area (Å²) in [6, 6.07) is -0.467. The molecule has 1 aliphatic rings. The number of rotatable bonds is 5. The molecule has 19 heavy (non-hydrogen) atoms. The third-order valence-electron chi connectivity index (χ3n) is 3.65. The van der Waals surface area contributed by atoms with E-state index in [1.54, 1.807) is 0 Å². The molecule has 5 heteroatoms. The average molecular weight is 266 g/mol. The molecule has 0 radical (unpaired) electrons. The number of hydrogen-bond acceptors (Lipinski definition) is 2. The van der Waals surface area contributed by atoms with Gasteiger partial charge in [-0.2, -0.15) is 0 Å². The Bertz CT molecular complexity index is 367. The van der Waals surface area contributed by atoms with Crippen molar-refractivity contribution in [3.63, 3.8) is 0 Å². The van der Waals surface area contributed by atoms with Crippen LogP contribution in [0.25, 0.3) is 0 Å². The molecule has 0 aromatic heterocycles. The lowest BCUT2D eigenvalue weighted by Gasteiger charge is -2.33. The van der Waals surface area contributed by atoms with Gasteiger partial charge in [0.2, 0.25) is 0 Å². The highest BCUT2D eigenvalue weighted by atomic mass is 16.4. The summed E-state index contributed by atoms with van der Waals surface area (Å²) >= 11 is 0. The molecule has 5 nitrogen and oxygen atoms in total. The molecule has 1 saturated carbocycles. The van der Waals surface area contributed by atoms with Crippen molar-refractivity contribution in [1.82, 2.24) is 10.6 Å². The molecule has 0 aromatic carbocycles. The molecule has 1 unspecified atom stereocenters. The van der Waals surface area contributed by atoms with Gasteiger partial charge < -0.3 is 15.7 Å². The Labute approximate surface area is 114 Å². The van der Waals surface area contributed by atoms with Crippen molar-refractivity contribution in [1.29, 1.82) is 0 Å². The molecule has 106 valence electrons. The number of nitrogens with one attached hydrogen (secondary N) is 2. The maximum absolute atomic E-state index is 11.7. The number of aliphatic carboxylic acids is 1. The van der Waals surface area contributed by atoms with E-state index in [1.165, 1.54) is 0 Å². The quantitative estimate of drug-likeness (QED) is 0.663. The van der Waals surface area contributed by atoms with Crippen molar-refractivity contribution in [3.05, 3.63) is 0 Å². The molecule has 0 heterocycles. The normalized spacial score (nSPS) is 18.9. The number of carbonyl (C=O) groups is 2. The number of amides is 2. The summed E-state index contributed by atoms with van der Waals surface area (Å²) in [6.07, 6.45) is 9.75. The Kier molecular flexibility index (Phi) is 5.68. The molecule has 0 saturated heterocycles. The first-order valence-corrected chi connectivity index (χ1v) is 6.71. The monoisotopic (exact) mass is 266 g/mol. The molecule has 2 amide bonds. The molecule has 0 bridgehead atoms. The zero-order chi connectivity index (χ0) is 14.3. The Morgan fingerprint density at radius 2 is 2.00 bits per heavy atom. The summed E-state index contributed by atoms with van der Waals surface area (Å²) in [4.78, 5) is 23.1. The third-order valence-corrected chi connectivity index (χ3v) is 3.65. The fourth-order valence-electron chi connectivity index (χ4n) is 2.45. The van der Waals surface area contributed by atoms with Gasteiger partial charge in [0.25, 0.3) is 0 Å². The number of carbonyl (C=O) groups excluding carboxylic acids is 1. The van der Waals surface area contributed by atoms with Gasteiger partial charge in [0.05, 0.1) is 5.41 Å². The van der Waals surface area contributed by atoms with Crippen molar-refractivity contribution in [3.8, 4) is 12.3 Å². The highest BCUT2D eigenvalue weighted by molar-refractivity contribution is 5.78. The van der Waals surface area contributed by atoms with E-state index in [9.17, 15) is 14.7 Å². The van der Waals surface area contributed by atoms with Crippen LogP contribution in [0.4, 0.5) is 4.79 Å². The standard InChI is InChI=1S/C14H22N2O3/c1-3-7-11(2)16-13(19)15-10-14(12(17)18)8-5-4-6-9-14/h1,11H,4-10H2,2H3,(H,17,18)(H2,15,16,19). The fraction of sp³-hybridized carbons (Fsp3) is 0.714. The molecule has 1 rings (SSSR count). The summed E-state index contributed by atoms with van der Waals surface area (Å²) in [7, 11) is 0. The second-order valence-corrected chi connectivity index (χ2v) is 5.28. The zero-order valence-electron chi connectivity index (χ0n) is 11.4. The maximum Gasteiger partial charge on any atom is 0.315 e. The summed E-state index contributed by atoms with van der Waals surface area (Å²) in [5.41, 5.74) is -0.801. The minimum absolute atomic E-state index is 0.114. The van der Waals surface area contributed by atoms with E-state index >= 15 is 0 Å². The Hall–Kier alpha value is -1.70. The Morgan fingerprint density at radius 1 is 1.37 bits per heavy atom. The van der Waals surface area contributed by atoms with Gasteiger partial charge in [-0.3, -0.25) is 4.79 Å². The number of carboxylic acid groups (broad SMARTS) is 1. The molecule has 3 N–H and O–H groups in total. The van der Waals surface area contributed by atoms with E-state index < -0.39 is 11.4 Å². The predicted molar refractivity (Wildman–Crippen MR) is 72.6 cm³/mol. The van der Waals surface area contributed by atoms with E-state index in [1.807, 2.05) is 6.92 Å². The number of hydrogen-bond donors (Lipinski definition) is 3. The first kappa shape index (κ1) is 15.4. The smallest absolute Gasteiger partial charge is 0.315 e. The lowest BCUT2D eigenvalue weighted by molar-refractivity contribution is -0.150. The minimum atomic E-state index is -0.816. The second kappa shape index (κ2) is 7.03. The van der Waals surface area contributed by atoms with Gasteiger partial charge in [-0.05, 0) is 19.8 Å². The van der Waals surface area contributed by atoms with Gasteiger partial charge in [0.15, 0.2) is 0 Å². The van der Waals surface area contributed by atoms with Crippen LogP contribution in [-0.2, 0) is 4.79 Å². The fourth-order valence-corrected chi connectivity index (χ4v) is 2.45. The highest BCUT2D eigenvalue weighted by Crippen LogP contribution is 2.35. The molecule has 1 aliphatic carbocycles. The first-order chi connectivity index (χ1) is 9.00. The predicted octanol–water partition coefficient (Wildman–Crippen LogP) is 1.73. The average Bonchev–Trinajstić information content (AvgIpc) is 2.37. The van der Waals surface area contributed by atoms with E-state index in [2.05, 4.69) is 16.6 Å². The molecule has 0 spiro atoms. The number of terminal acetylenes is 1. The van der Waals surface area contributed by atoms with Crippen LogP contribution in [0.1, 0.15) is 45.4 Å².